The quantitative estimate of drug-likeness (QED) is 0.558. The van der Waals surface area contributed by atoms with Gasteiger partial charge in [0.2, 0.25) is 0 Å². The van der Waals surface area contributed by atoms with E-state index in [1.807, 2.05) is 0 Å². The fraction of sp³-hybridized carbons (Fsp3) is 0.500. The molecule has 6 heteroatoms. The standard InChI is InChI=1S/C6H11N5O/c1-7-6(12)8-3-2-5-9-4-10-11-5/h4H,2-3H2,1H3,(H2,7,8,12)(H,9,10,11). The minimum atomic E-state index is -0.186. The highest BCUT2D eigenvalue weighted by molar-refractivity contribution is 5.73. The van der Waals surface area contributed by atoms with Crippen molar-refractivity contribution in [3.8, 4) is 0 Å². The fourth-order valence-electron chi connectivity index (χ4n) is 0.734. The van der Waals surface area contributed by atoms with Crippen molar-refractivity contribution in [2.75, 3.05) is 13.6 Å². The minimum absolute atomic E-state index is 0.186. The predicted molar refractivity (Wildman–Crippen MR) is 42.5 cm³/mol. The van der Waals surface area contributed by atoms with Gasteiger partial charge in [0.05, 0.1) is 0 Å². The highest BCUT2D eigenvalue weighted by Gasteiger charge is 1.97. The number of urea groups is 1. The van der Waals surface area contributed by atoms with Crippen LogP contribution >= 0.6 is 0 Å². The molecule has 3 N–H and O–H groups in total. The summed E-state index contributed by atoms with van der Waals surface area (Å²) in [6.07, 6.45) is 2.10. The second-order valence-electron chi connectivity index (χ2n) is 2.19. The highest BCUT2D eigenvalue weighted by atomic mass is 16.2. The molecular weight excluding hydrogens is 158 g/mol. The third-order valence-electron chi connectivity index (χ3n) is 1.34. The van der Waals surface area contributed by atoms with Crippen molar-refractivity contribution in [3.63, 3.8) is 0 Å². The molecule has 1 heterocycles. The molecule has 0 aliphatic rings. The zero-order valence-electron chi connectivity index (χ0n) is 6.79. The molecule has 0 atom stereocenters. The van der Waals surface area contributed by atoms with Gasteiger partial charge in [-0.05, 0) is 0 Å². The molecule has 6 nitrogen and oxygen atoms in total. The van der Waals surface area contributed by atoms with Crippen molar-refractivity contribution in [2.45, 2.75) is 6.42 Å². The molecule has 0 unspecified atom stereocenters. The second kappa shape index (κ2) is 4.32. The highest BCUT2D eigenvalue weighted by Crippen LogP contribution is 1.84. The Morgan fingerprint density at radius 3 is 3.17 bits per heavy atom. The Morgan fingerprint density at radius 2 is 2.58 bits per heavy atom. The maximum atomic E-state index is 10.7. The van der Waals surface area contributed by atoms with Crippen molar-refractivity contribution < 1.29 is 4.79 Å². The third-order valence-corrected chi connectivity index (χ3v) is 1.34. The SMILES string of the molecule is CNC(=O)NCCc1ncn[nH]1. The summed E-state index contributed by atoms with van der Waals surface area (Å²) in [5, 5.41) is 11.5. The van der Waals surface area contributed by atoms with E-state index in [1.54, 1.807) is 7.05 Å². The summed E-state index contributed by atoms with van der Waals surface area (Å²) in [5.41, 5.74) is 0. The van der Waals surface area contributed by atoms with Gasteiger partial charge < -0.3 is 10.6 Å². The van der Waals surface area contributed by atoms with E-state index in [2.05, 4.69) is 25.8 Å². The molecule has 0 radical (unpaired) electrons. The van der Waals surface area contributed by atoms with Gasteiger partial charge in [-0.2, -0.15) is 5.10 Å². The van der Waals surface area contributed by atoms with Crippen molar-refractivity contribution in [1.82, 2.24) is 25.8 Å². The molecule has 0 spiro atoms. The van der Waals surface area contributed by atoms with E-state index in [0.717, 1.165) is 5.82 Å². The first kappa shape index (κ1) is 8.51. The van der Waals surface area contributed by atoms with E-state index < -0.39 is 0 Å². The van der Waals surface area contributed by atoms with E-state index in [4.69, 9.17) is 0 Å². The summed E-state index contributed by atoms with van der Waals surface area (Å²) < 4.78 is 0. The number of hydrogen-bond donors (Lipinski definition) is 3. The fourth-order valence-corrected chi connectivity index (χ4v) is 0.734. The van der Waals surface area contributed by atoms with Gasteiger partial charge in [0.25, 0.3) is 0 Å². The molecule has 1 aromatic heterocycles. The third kappa shape index (κ3) is 2.57. The van der Waals surface area contributed by atoms with Crippen LogP contribution in [0.4, 0.5) is 4.79 Å². The number of amides is 2. The normalized spacial score (nSPS) is 9.42. The van der Waals surface area contributed by atoms with Gasteiger partial charge in [-0.1, -0.05) is 0 Å². The lowest BCUT2D eigenvalue weighted by molar-refractivity contribution is 0.243. The van der Waals surface area contributed by atoms with E-state index in [1.165, 1.54) is 6.33 Å². The first-order valence-corrected chi connectivity index (χ1v) is 3.62. The minimum Gasteiger partial charge on any atom is -0.341 e. The average Bonchev–Trinajstić information content (AvgIpc) is 2.57. The van der Waals surface area contributed by atoms with Gasteiger partial charge in [-0.25, -0.2) is 9.78 Å². The smallest absolute Gasteiger partial charge is 0.314 e. The lowest BCUT2D eigenvalue weighted by atomic mass is 10.4. The number of carbonyl (C=O) groups excluding carboxylic acids is 1. The molecule has 0 bridgehead atoms. The largest absolute Gasteiger partial charge is 0.341 e. The molecule has 1 rings (SSSR count). The second-order valence-corrected chi connectivity index (χ2v) is 2.19. The molecule has 0 aliphatic carbocycles. The van der Waals surface area contributed by atoms with Crippen LogP contribution in [0.15, 0.2) is 6.33 Å². The molecule has 0 saturated carbocycles. The first-order valence-electron chi connectivity index (χ1n) is 3.62. The summed E-state index contributed by atoms with van der Waals surface area (Å²) in [7, 11) is 1.57. The molecule has 0 aliphatic heterocycles. The van der Waals surface area contributed by atoms with Crippen LogP contribution in [0.2, 0.25) is 0 Å². The van der Waals surface area contributed by atoms with E-state index in [9.17, 15) is 4.79 Å². The average molecular weight is 169 g/mol. The Kier molecular flexibility index (Phi) is 3.06. The number of nitrogens with zero attached hydrogens (tertiary/aromatic N) is 2. The number of aromatic amines is 1. The first-order chi connectivity index (χ1) is 5.83. The number of rotatable bonds is 3. The summed E-state index contributed by atoms with van der Waals surface area (Å²) in [4.78, 5) is 14.6. The van der Waals surface area contributed by atoms with Crippen molar-refractivity contribution in [3.05, 3.63) is 12.2 Å². The summed E-state index contributed by atoms with van der Waals surface area (Å²) in [5.74, 6) is 0.770. The Balaban J connectivity index is 2.15. The molecule has 0 aromatic carbocycles. The predicted octanol–water partition coefficient (Wildman–Crippen LogP) is -0.724. The van der Waals surface area contributed by atoms with Gasteiger partial charge in [0.1, 0.15) is 12.2 Å². The number of carbonyl (C=O) groups is 1. The van der Waals surface area contributed by atoms with Gasteiger partial charge in [-0.15, -0.1) is 0 Å². The number of H-pyrrole nitrogens is 1. The molecule has 0 saturated heterocycles. The van der Waals surface area contributed by atoms with Crippen LogP contribution in [0.1, 0.15) is 5.82 Å². The molecule has 2 amide bonds. The Labute approximate surface area is 69.8 Å². The Morgan fingerprint density at radius 1 is 1.75 bits per heavy atom. The van der Waals surface area contributed by atoms with Crippen LogP contribution < -0.4 is 10.6 Å². The van der Waals surface area contributed by atoms with Gasteiger partial charge in [0, 0.05) is 20.0 Å². The summed E-state index contributed by atoms with van der Waals surface area (Å²) in [6, 6.07) is -0.186. The molecule has 1 aromatic rings. The van der Waals surface area contributed by atoms with Crippen LogP contribution in [0.3, 0.4) is 0 Å². The number of aromatic nitrogens is 3. The van der Waals surface area contributed by atoms with Crippen molar-refractivity contribution >= 4 is 6.03 Å². The Bertz CT molecular complexity index is 232. The van der Waals surface area contributed by atoms with E-state index >= 15 is 0 Å². The maximum Gasteiger partial charge on any atom is 0.314 e. The van der Waals surface area contributed by atoms with Crippen LogP contribution in [0.25, 0.3) is 0 Å². The van der Waals surface area contributed by atoms with E-state index in [-0.39, 0.29) is 6.03 Å². The lowest BCUT2D eigenvalue weighted by Crippen LogP contribution is -2.34. The maximum absolute atomic E-state index is 10.7. The van der Waals surface area contributed by atoms with Crippen LogP contribution in [-0.4, -0.2) is 34.8 Å². The van der Waals surface area contributed by atoms with Crippen LogP contribution in [0, 0.1) is 0 Å². The van der Waals surface area contributed by atoms with Gasteiger partial charge in [-0.3, -0.25) is 5.10 Å². The number of hydrogen-bond acceptors (Lipinski definition) is 3. The topological polar surface area (TPSA) is 82.7 Å². The van der Waals surface area contributed by atoms with Gasteiger partial charge >= 0.3 is 6.03 Å². The van der Waals surface area contributed by atoms with Crippen molar-refractivity contribution in [1.29, 1.82) is 0 Å². The number of nitrogens with one attached hydrogen (secondary N) is 3. The van der Waals surface area contributed by atoms with Crippen LogP contribution in [-0.2, 0) is 6.42 Å². The van der Waals surface area contributed by atoms with E-state index in [0.29, 0.717) is 13.0 Å². The summed E-state index contributed by atoms with van der Waals surface area (Å²) >= 11 is 0. The summed E-state index contributed by atoms with van der Waals surface area (Å²) in [6.45, 7) is 0.550. The van der Waals surface area contributed by atoms with Crippen LogP contribution in [0.5, 0.6) is 0 Å². The van der Waals surface area contributed by atoms with Gasteiger partial charge in [0.15, 0.2) is 0 Å². The molecule has 0 fully saturated rings. The Hall–Kier alpha value is -1.59. The monoisotopic (exact) mass is 169 g/mol. The lowest BCUT2D eigenvalue weighted by Gasteiger charge is -2.00. The zero-order valence-corrected chi connectivity index (χ0v) is 6.79. The zero-order chi connectivity index (χ0) is 8.81. The molecular formula is C6H11N5O. The van der Waals surface area contributed by atoms with Crippen molar-refractivity contribution in [2.24, 2.45) is 0 Å². The molecule has 66 valence electrons. The molecule has 12 heavy (non-hydrogen) atoms.